The molecule has 3 heteroatoms. The lowest BCUT2D eigenvalue weighted by molar-refractivity contribution is 0.286. The zero-order valence-corrected chi connectivity index (χ0v) is 13.9. The second-order valence-corrected chi connectivity index (χ2v) is 6.33. The molecule has 0 heterocycles. The number of hydrogen-bond donors (Lipinski definition) is 2. The Labute approximate surface area is 128 Å². The van der Waals surface area contributed by atoms with E-state index < -0.39 is 0 Å². The third-order valence-electron chi connectivity index (χ3n) is 3.98. The molecule has 0 saturated heterocycles. The predicted octanol–water partition coefficient (Wildman–Crippen LogP) is 4.67. The molecule has 1 atom stereocenters. The average molecular weight is 295 g/mol. The molecule has 2 nitrogen and oxygen atoms in total. The molecule has 0 bridgehead atoms. The van der Waals surface area contributed by atoms with Gasteiger partial charge in [-0.2, -0.15) is 0 Å². The van der Waals surface area contributed by atoms with Crippen LogP contribution in [-0.4, -0.2) is 22.4 Å². The van der Waals surface area contributed by atoms with Crippen LogP contribution in [0, 0.1) is 6.92 Å². The van der Waals surface area contributed by atoms with Crippen molar-refractivity contribution in [2.45, 2.75) is 58.4 Å². The highest BCUT2D eigenvalue weighted by molar-refractivity contribution is 7.93. The van der Waals surface area contributed by atoms with Crippen LogP contribution in [0.2, 0.25) is 0 Å². The van der Waals surface area contributed by atoms with Gasteiger partial charge in [0.25, 0.3) is 0 Å². The normalized spacial score (nSPS) is 14.2. The largest absolute Gasteiger partial charge is 0.330 e. The van der Waals surface area contributed by atoms with Crippen LogP contribution in [0.3, 0.4) is 0 Å². The topological polar surface area (TPSA) is 32.3 Å². The van der Waals surface area contributed by atoms with Gasteiger partial charge in [0, 0.05) is 11.3 Å². The molecule has 0 aliphatic carbocycles. The highest BCUT2D eigenvalue weighted by Crippen LogP contribution is 2.23. The van der Waals surface area contributed by atoms with Gasteiger partial charge >= 0.3 is 0 Å². The predicted molar refractivity (Wildman–Crippen MR) is 90.5 cm³/mol. The van der Waals surface area contributed by atoms with Gasteiger partial charge < -0.3 is 9.87 Å². The minimum absolute atomic E-state index is 0.199. The van der Waals surface area contributed by atoms with E-state index in [4.69, 9.17) is 4.55 Å². The molecule has 0 radical (unpaired) electrons. The maximum absolute atomic E-state index is 8.81. The maximum atomic E-state index is 8.81. The second kappa shape index (κ2) is 9.43. The van der Waals surface area contributed by atoms with Crippen LogP contribution < -0.4 is 5.32 Å². The highest BCUT2D eigenvalue weighted by Gasteiger charge is 2.26. The number of nitrogens with one attached hydrogen (secondary N) is 1. The third-order valence-corrected chi connectivity index (χ3v) is 4.45. The van der Waals surface area contributed by atoms with Gasteiger partial charge in [0.2, 0.25) is 0 Å². The minimum Gasteiger partial charge on any atom is -0.330 e. The molecule has 1 unspecified atom stereocenters. The van der Waals surface area contributed by atoms with Crippen molar-refractivity contribution in [3.8, 4) is 0 Å². The Bertz CT molecular complexity index is 366. The molecule has 114 valence electrons. The first-order valence-corrected chi connectivity index (χ1v) is 8.67. The molecular weight excluding hydrogens is 266 g/mol. The number of hydrogen-bond acceptors (Lipinski definition) is 3. The summed E-state index contributed by atoms with van der Waals surface area (Å²) in [5.41, 5.74) is 2.93. The first-order chi connectivity index (χ1) is 9.65. The van der Waals surface area contributed by atoms with Gasteiger partial charge in [-0.15, -0.1) is 0 Å². The van der Waals surface area contributed by atoms with Crippen molar-refractivity contribution < 1.29 is 4.55 Å². The lowest BCUT2D eigenvalue weighted by Gasteiger charge is -2.34. The Balaban J connectivity index is 2.68. The quantitative estimate of drug-likeness (QED) is 0.486. The highest BCUT2D eigenvalue weighted by atomic mass is 32.2. The van der Waals surface area contributed by atoms with Crippen LogP contribution in [-0.2, 0) is 6.42 Å². The van der Waals surface area contributed by atoms with Gasteiger partial charge in [-0.3, -0.25) is 0 Å². The molecule has 0 saturated carbocycles. The van der Waals surface area contributed by atoms with Gasteiger partial charge in [0.05, 0.1) is 0 Å². The number of rotatable bonds is 10. The smallest absolute Gasteiger partial charge is 0.0219 e. The average Bonchev–Trinajstić information content (AvgIpc) is 2.46. The Morgan fingerprint density at radius 2 is 1.90 bits per heavy atom. The zero-order chi connectivity index (χ0) is 14.8. The van der Waals surface area contributed by atoms with E-state index in [9.17, 15) is 0 Å². The van der Waals surface area contributed by atoms with Gasteiger partial charge in [-0.1, -0.05) is 50.1 Å². The fourth-order valence-corrected chi connectivity index (χ4v) is 3.00. The summed E-state index contributed by atoms with van der Waals surface area (Å²) in [5.74, 6) is 0.809. The molecule has 0 spiro atoms. The molecule has 1 aromatic rings. The monoisotopic (exact) mass is 295 g/mol. The van der Waals surface area contributed by atoms with Crippen molar-refractivity contribution in [3.05, 3.63) is 35.4 Å². The van der Waals surface area contributed by atoms with E-state index in [1.165, 1.54) is 24.0 Å². The summed E-state index contributed by atoms with van der Waals surface area (Å²) in [4.78, 5) is 0. The Morgan fingerprint density at radius 1 is 1.20 bits per heavy atom. The SMILES string of the molecule is CCCC(CC)(Cc1ccc(C)cc1)NCCCSO. The first kappa shape index (κ1) is 17.5. The van der Waals surface area contributed by atoms with Crippen LogP contribution in [0.5, 0.6) is 0 Å². The third kappa shape index (κ3) is 5.86. The van der Waals surface area contributed by atoms with E-state index in [0.717, 1.165) is 43.6 Å². The van der Waals surface area contributed by atoms with Gasteiger partial charge in [-0.05, 0) is 56.8 Å². The summed E-state index contributed by atoms with van der Waals surface area (Å²) in [7, 11) is 0. The Morgan fingerprint density at radius 3 is 2.45 bits per heavy atom. The van der Waals surface area contributed by atoms with Crippen molar-refractivity contribution >= 4 is 12.0 Å². The van der Waals surface area contributed by atoms with E-state index in [1.54, 1.807) is 0 Å². The number of benzene rings is 1. The van der Waals surface area contributed by atoms with E-state index in [-0.39, 0.29) is 5.54 Å². The van der Waals surface area contributed by atoms with Crippen molar-refractivity contribution in [1.82, 2.24) is 5.32 Å². The fourth-order valence-electron chi connectivity index (χ4n) is 2.73. The summed E-state index contributed by atoms with van der Waals surface area (Å²) in [5, 5.41) is 3.76. The Kier molecular flexibility index (Phi) is 8.27. The Hall–Kier alpha value is -0.510. The summed E-state index contributed by atoms with van der Waals surface area (Å²) < 4.78 is 8.81. The summed E-state index contributed by atoms with van der Waals surface area (Å²) in [6.07, 6.45) is 5.64. The standard InChI is InChI=1S/C17H29NOS/c1-4-11-17(5-2,18-12-6-13-20-19)14-16-9-7-15(3)8-10-16/h7-10,18-19H,4-6,11-14H2,1-3H3. The van der Waals surface area contributed by atoms with Crippen molar-refractivity contribution in [1.29, 1.82) is 0 Å². The van der Waals surface area contributed by atoms with E-state index in [0.29, 0.717) is 0 Å². The van der Waals surface area contributed by atoms with Crippen LogP contribution >= 0.6 is 12.0 Å². The molecule has 0 aliphatic rings. The molecule has 0 aromatic heterocycles. The second-order valence-electron chi connectivity index (χ2n) is 5.66. The summed E-state index contributed by atoms with van der Waals surface area (Å²) >= 11 is 0.939. The minimum atomic E-state index is 0.199. The first-order valence-electron chi connectivity index (χ1n) is 7.72. The van der Waals surface area contributed by atoms with Crippen molar-refractivity contribution in [3.63, 3.8) is 0 Å². The number of aryl methyl sites for hydroxylation is 1. The molecular formula is C17H29NOS. The zero-order valence-electron chi connectivity index (χ0n) is 13.1. The lowest BCUT2D eigenvalue weighted by atomic mass is 9.84. The molecule has 0 fully saturated rings. The summed E-state index contributed by atoms with van der Waals surface area (Å²) in [6, 6.07) is 8.90. The molecule has 20 heavy (non-hydrogen) atoms. The van der Waals surface area contributed by atoms with Crippen LogP contribution in [0.4, 0.5) is 0 Å². The van der Waals surface area contributed by atoms with Gasteiger partial charge in [-0.25, -0.2) is 0 Å². The molecule has 0 aliphatic heterocycles. The molecule has 0 amide bonds. The van der Waals surface area contributed by atoms with Crippen LogP contribution in [0.1, 0.15) is 50.7 Å². The van der Waals surface area contributed by atoms with E-state index in [1.807, 2.05) is 0 Å². The molecule has 1 aromatic carbocycles. The molecule has 2 N–H and O–H groups in total. The van der Waals surface area contributed by atoms with Crippen LogP contribution in [0.15, 0.2) is 24.3 Å². The van der Waals surface area contributed by atoms with Crippen molar-refractivity contribution in [2.24, 2.45) is 0 Å². The lowest BCUT2D eigenvalue weighted by Crippen LogP contribution is -2.47. The van der Waals surface area contributed by atoms with Gasteiger partial charge in [0.1, 0.15) is 0 Å². The molecule has 1 rings (SSSR count). The van der Waals surface area contributed by atoms with Crippen LogP contribution in [0.25, 0.3) is 0 Å². The van der Waals surface area contributed by atoms with Crippen molar-refractivity contribution in [2.75, 3.05) is 12.3 Å². The fraction of sp³-hybridized carbons (Fsp3) is 0.647. The summed E-state index contributed by atoms with van der Waals surface area (Å²) in [6.45, 7) is 7.64. The van der Waals surface area contributed by atoms with E-state index in [2.05, 4.69) is 50.4 Å². The maximum Gasteiger partial charge on any atom is 0.0219 e. The van der Waals surface area contributed by atoms with Gasteiger partial charge in [0.15, 0.2) is 0 Å². The van der Waals surface area contributed by atoms with E-state index >= 15 is 0 Å².